The van der Waals surface area contributed by atoms with Gasteiger partial charge in [-0.05, 0) is 124 Å². The van der Waals surface area contributed by atoms with Gasteiger partial charge in [-0.1, -0.05) is 97.1 Å². The van der Waals surface area contributed by atoms with Crippen molar-refractivity contribution < 1.29 is 0 Å². The minimum absolute atomic E-state index is 1.14. The Kier molecular flexibility index (Phi) is 6.04. The maximum Gasteiger partial charge on any atom is 0.0546 e. The van der Waals surface area contributed by atoms with Gasteiger partial charge in [0, 0.05) is 16.8 Å². The standard InChI is InChI=1S/C41H33N/c1-28-12-11-21-38-40(27-31-14-6-8-18-35(31)41(28)38)42(32-15-3-2-4-16-32)33-24-22-29(23-25-33)39-26-30-13-5-7-17-34(30)36-19-9-10-20-37(36)39/h2-6,8,10-16,18,20-27H,7,9,17,19H2,1H3. The Labute approximate surface area is 248 Å². The van der Waals surface area contributed by atoms with Crippen molar-refractivity contribution in [3.05, 3.63) is 149 Å². The lowest BCUT2D eigenvalue weighted by Crippen LogP contribution is -2.11. The summed E-state index contributed by atoms with van der Waals surface area (Å²) < 4.78 is 0. The summed E-state index contributed by atoms with van der Waals surface area (Å²) in [7, 11) is 0. The van der Waals surface area contributed by atoms with Gasteiger partial charge in [0.1, 0.15) is 0 Å². The van der Waals surface area contributed by atoms with E-state index >= 15 is 0 Å². The van der Waals surface area contributed by atoms with Crippen LogP contribution < -0.4 is 4.90 Å². The van der Waals surface area contributed by atoms with Gasteiger partial charge in [-0.25, -0.2) is 0 Å². The molecule has 0 fully saturated rings. The third-order valence-electron chi connectivity index (χ3n) is 9.09. The van der Waals surface area contributed by atoms with Crippen LogP contribution in [-0.4, -0.2) is 0 Å². The summed E-state index contributed by atoms with van der Waals surface area (Å²) >= 11 is 0. The van der Waals surface area contributed by atoms with Crippen molar-refractivity contribution in [3.8, 4) is 11.1 Å². The molecule has 1 heteroatoms. The van der Waals surface area contributed by atoms with Crippen molar-refractivity contribution >= 4 is 50.8 Å². The fraction of sp³-hybridized carbons (Fsp3) is 0.122. The van der Waals surface area contributed by atoms with E-state index in [1.807, 2.05) is 0 Å². The van der Waals surface area contributed by atoms with Crippen LogP contribution in [0.4, 0.5) is 17.1 Å². The Morgan fingerprint density at radius 3 is 2.17 bits per heavy atom. The predicted octanol–water partition coefficient (Wildman–Crippen LogP) is 11.4. The van der Waals surface area contributed by atoms with E-state index in [9.17, 15) is 0 Å². The lowest BCUT2D eigenvalue weighted by molar-refractivity contribution is 0.906. The fourth-order valence-corrected chi connectivity index (χ4v) is 7.14. The van der Waals surface area contributed by atoms with Gasteiger partial charge in [0.15, 0.2) is 0 Å². The summed E-state index contributed by atoms with van der Waals surface area (Å²) in [6, 6.07) is 40.2. The Morgan fingerprint density at radius 1 is 0.595 bits per heavy atom. The molecule has 42 heavy (non-hydrogen) atoms. The highest BCUT2D eigenvalue weighted by molar-refractivity contribution is 6.15. The number of benzene rings is 6. The van der Waals surface area contributed by atoms with Crippen molar-refractivity contribution in [2.45, 2.75) is 32.6 Å². The number of rotatable bonds is 4. The highest BCUT2D eigenvalue weighted by Crippen LogP contribution is 2.44. The first-order valence-corrected chi connectivity index (χ1v) is 15.1. The molecule has 0 heterocycles. The summed E-state index contributed by atoms with van der Waals surface area (Å²) in [5.41, 5.74) is 13.4. The zero-order valence-electron chi connectivity index (χ0n) is 24.0. The van der Waals surface area contributed by atoms with E-state index in [0.29, 0.717) is 0 Å². The lowest BCUT2D eigenvalue weighted by Gasteiger charge is -2.28. The molecule has 0 unspecified atom stereocenters. The first-order chi connectivity index (χ1) is 20.8. The van der Waals surface area contributed by atoms with Gasteiger partial charge in [0.2, 0.25) is 0 Å². The third kappa shape index (κ3) is 4.08. The number of fused-ring (bicyclic) bond motifs is 6. The number of nitrogens with zero attached hydrogens (tertiary/aromatic N) is 1. The largest absolute Gasteiger partial charge is 0.310 e. The summed E-state index contributed by atoms with van der Waals surface area (Å²) in [4.78, 5) is 2.42. The number of allylic oxidation sites excluding steroid dienone is 2. The van der Waals surface area contributed by atoms with Crippen molar-refractivity contribution in [3.63, 3.8) is 0 Å². The molecule has 8 rings (SSSR count). The van der Waals surface area contributed by atoms with Gasteiger partial charge in [0.05, 0.1) is 5.69 Å². The van der Waals surface area contributed by atoms with E-state index in [-0.39, 0.29) is 0 Å². The second-order valence-corrected chi connectivity index (χ2v) is 11.6. The van der Waals surface area contributed by atoms with Gasteiger partial charge >= 0.3 is 0 Å². The van der Waals surface area contributed by atoms with E-state index in [1.54, 1.807) is 11.1 Å². The molecule has 1 nitrogen and oxygen atoms in total. The molecule has 0 aliphatic heterocycles. The monoisotopic (exact) mass is 539 g/mol. The van der Waals surface area contributed by atoms with Crippen LogP contribution >= 0.6 is 0 Å². The van der Waals surface area contributed by atoms with Gasteiger partial charge in [-0.3, -0.25) is 0 Å². The molecule has 0 saturated carbocycles. The SMILES string of the molecule is Cc1cccc2c(N(c3ccccc3)c3ccc(-c4cc5c(c6c4C=CCC6)CCC=C5)cc3)cc3ccccc3c12. The molecule has 0 bridgehead atoms. The fourth-order valence-electron chi connectivity index (χ4n) is 7.14. The van der Waals surface area contributed by atoms with E-state index in [4.69, 9.17) is 0 Å². The molecule has 6 aromatic rings. The number of hydrogen-bond donors (Lipinski definition) is 0. The molecule has 0 aromatic heterocycles. The molecular weight excluding hydrogens is 506 g/mol. The molecule has 202 valence electrons. The number of para-hydroxylation sites is 1. The van der Waals surface area contributed by atoms with E-state index in [2.05, 4.69) is 145 Å². The molecule has 0 spiro atoms. The Bertz CT molecular complexity index is 2030. The van der Waals surface area contributed by atoms with Crippen LogP contribution in [0.25, 0.3) is 44.8 Å². The molecular formula is C41H33N. The summed E-state index contributed by atoms with van der Waals surface area (Å²) in [5, 5.41) is 5.15. The van der Waals surface area contributed by atoms with Crippen LogP contribution in [0.3, 0.4) is 0 Å². The van der Waals surface area contributed by atoms with Crippen LogP contribution in [0.15, 0.2) is 121 Å². The maximum absolute atomic E-state index is 2.42. The molecule has 2 aliphatic rings. The van der Waals surface area contributed by atoms with Crippen molar-refractivity contribution in [1.82, 2.24) is 0 Å². The number of hydrogen-bond acceptors (Lipinski definition) is 1. The molecule has 6 aromatic carbocycles. The Hall–Kier alpha value is -4.88. The Balaban J connectivity index is 1.31. The smallest absolute Gasteiger partial charge is 0.0546 e. The van der Waals surface area contributed by atoms with E-state index < -0.39 is 0 Å². The average molecular weight is 540 g/mol. The predicted molar refractivity (Wildman–Crippen MR) is 181 cm³/mol. The minimum Gasteiger partial charge on any atom is -0.310 e. The molecule has 0 amide bonds. The van der Waals surface area contributed by atoms with Crippen LogP contribution in [0.2, 0.25) is 0 Å². The van der Waals surface area contributed by atoms with Crippen LogP contribution in [0.1, 0.15) is 40.7 Å². The van der Waals surface area contributed by atoms with Gasteiger partial charge in [-0.15, -0.1) is 0 Å². The Morgan fingerprint density at radius 2 is 1.31 bits per heavy atom. The van der Waals surface area contributed by atoms with Crippen molar-refractivity contribution in [2.75, 3.05) is 4.90 Å². The van der Waals surface area contributed by atoms with E-state index in [1.165, 1.54) is 55.0 Å². The van der Waals surface area contributed by atoms with Gasteiger partial charge in [0.25, 0.3) is 0 Å². The van der Waals surface area contributed by atoms with Crippen LogP contribution in [0.5, 0.6) is 0 Å². The first kappa shape index (κ1) is 24.9. The van der Waals surface area contributed by atoms with Gasteiger partial charge in [-0.2, -0.15) is 0 Å². The topological polar surface area (TPSA) is 3.24 Å². The van der Waals surface area contributed by atoms with Crippen molar-refractivity contribution in [2.24, 2.45) is 0 Å². The lowest BCUT2D eigenvalue weighted by atomic mass is 9.81. The number of anilines is 3. The second kappa shape index (κ2) is 10.2. The summed E-state index contributed by atoms with van der Waals surface area (Å²) in [6.45, 7) is 2.23. The first-order valence-electron chi connectivity index (χ1n) is 15.1. The zero-order valence-corrected chi connectivity index (χ0v) is 24.0. The normalized spacial score (nSPS) is 13.7. The molecule has 0 N–H and O–H groups in total. The molecule has 0 saturated heterocycles. The molecule has 0 atom stereocenters. The summed E-state index contributed by atoms with van der Waals surface area (Å²) in [6.07, 6.45) is 13.9. The second-order valence-electron chi connectivity index (χ2n) is 11.6. The van der Waals surface area contributed by atoms with Gasteiger partial charge < -0.3 is 4.90 Å². The number of aryl methyl sites for hydroxylation is 1. The van der Waals surface area contributed by atoms with E-state index in [0.717, 1.165) is 37.1 Å². The molecule has 2 aliphatic carbocycles. The maximum atomic E-state index is 2.42. The average Bonchev–Trinajstić information content (AvgIpc) is 3.05. The summed E-state index contributed by atoms with van der Waals surface area (Å²) in [5.74, 6) is 0. The van der Waals surface area contributed by atoms with Crippen LogP contribution in [0, 0.1) is 6.92 Å². The quantitative estimate of drug-likeness (QED) is 0.201. The zero-order chi connectivity index (χ0) is 28.0. The highest BCUT2D eigenvalue weighted by atomic mass is 15.1. The van der Waals surface area contributed by atoms with Crippen LogP contribution in [-0.2, 0) is 12.8 Å². The molecule has 0 radical (unpaired) electrons. The highest BCUT2D eigenvalue weighted by Gasteiger charge is 2.21. The minimum atomic E-state index is 1.14. The van der Waals surface area contributed by atoms with Crippen molar-refractivity contribution in [1.29, 1.82) is 0 Å². The third-order valence-corrected chi connectivity index (χ3v) is 9.09.